The van der Waals surface area contributed by atoms with Crippen molar-refractivity contribution in [3.8, 4) is 0 Å². The van der Waals surface area contributed by atoms with Gasteiger partial charge in [0.15, 0.2) is 0 Å². The maximum absolute atomic E-state index is 12.6. The number of nitrogens with one attached hydrogen (secondary N) is 1. The van der Waals surface area contributed by atoms with Gasteiger partial charge in [0.1, 0.15) is 0 Å². The normalized spacial score (nSPS) is 32.9. The van der Waals surface area contributed by atoms with Crippen molar-refractivity contribution >= 4 is 5.91 Å². The zero-order valence-corrected chi connectivity index (χ0v) is 12.7. The smallest absolute Gasteiger partial charge is 0.225 e. The Morgan fingerprint density at radius 1 is 1.26 bits per heavy atom. The van der Waals surface area contributed by atoms with Gasteiger partial charge in [-0.25, -0.2) is 0 Å². The highest BCUT2D eigenvalue weighted by Crippen LogP contribution is 2.25. The molecule has 2 heterocycles. The number of carbonyl (C=O) groups is 1. The van der Waals surface area contributed by atoms with Gasteiger partial charge < -0.3 is 10.2 Å². The van der Waals surface area contributed by atoms with Crippen molar-refractivity contribution in [3.05, 3.63) is 0 Å². The minimum absolute atomic E-state index is 0.277. The zero-order valence-electron chi connectivity index (χ0n) is 12.7. The van der Waals surface area contributed by atoms with Crippen molar-refractivity contribution in [2.45, 2.75) is 64.8 Å². The average Bonchev–Trinajstić information content (AvgIpc) is 2.64. The number of likely N-dealkylation sites (tertiary alicyclic amines) is 1. The van der Waals surface area contributed by atoms with Gasteiger partial charge in [0.05, 0.1) is 0 Å². The molecular weight excluding hydrogens is 236 g/mol. The Balaban J connectivity index is 1.85. The fourth-order valence-electron chi connectivity index (χ4n) is 3.70. The molecule has 19 heavy (non-hydrogen) atoms. The van der Waals surface area contributed by atoms with Gasteiger partial charge in [0, 0.05) is 25.0 Å². The standard InChI is InChI=1S/C16H30N2O/c1-3-5-14-6-4-10-18(11-8-14)16(19)15-7-9-17-13(2)12-15/h13-15,17H,3-12H2,1-2H3. The lowest BCUT2D eigenvalue weighted by atomic mass is 9.92. The molecule has 2 rings (SSSR count). The minimum atomic E-state index is 0.277. The van der Waals surface area contributed by atoms with Crippen molar-refractivity contribution in [2.75, 3.05) is 19.6 Å². The summed E-state index contributed by atoms with van der Waals surface area (Å²) in [6.45, 7) is 7.46. The van der Waals surface area contributed by atoms with Crippen LogP contribution < -0.4 is 5.32 Å². The van der Waals surface area contributed by atoms with Crippen LogP contribution in [0.25, 0.3) is 0 Å². The number of rotatable bonds is 3. The van der Waals surface area contributed by atoms with Crippen LogP contribution in [0.4, 0.5) is 0 Å². The summed E-state index contributed by atoms with van der Waals surface area (Å²) >= 11 is 0. The van der Waals surface area contributed by atoms with E-state index in [4.69, 9.17) is 0 Å². The topological polar surface area (TPSA) is 32.3 Å². The van der Waals surface area contributed by atoms with Crippen molar-refractivity contribution < 1.29 is 4.79 Å². The van der Waals surface area contributed by atoms with Crippen LogP contribution in [0, 0.1) is 11.8 Å². The quantitative estimate of drug-likeness (QED) is 0.852. The first-order chi connectivity index (χ1) is 9.20. The van der Waals surface area contributed by atoms with Crippen LogP contribution in [0.2, 0.25) is 0 Å². The summed E-state index contributed by atoms with van der Waals surface area (Å²) < 4.78 is 0. The molecule has 3 nitrogen and oxygen atoms in total. The predicted octanol–water partition coefficient (Wildman–Crippen LogP) is 2.80. The van der Waals surface area contributed by atoms with Gasteiger partial charge in [-0.3, -0.25) is 4.79 Å². The Labute approximate surface area is 118 Å². The molecule has 1 amide bonds. The summed E-state index contributed by atoms with van der Waals surface area (Å²) in [5.41, 5.74) is 0. The first-order valence-electron chi connectivity index (χ1n) is 8.23. The Morgan fingerprint density at radius 3 is 2.84 bits per heavy atom. The van der Waals surface area contributed by atoms with E-state index < -0.39 is 0 Å². The highest BCUT2D eigenvalue weighted by atomic mass is 16.2. The second-order valence-electron chi connectivity index (χ2n) is 6.49. The number of piperidine rings is 1. The van der Waals surface area contributed by atoms with E-state index in [1.165, 1.54) is 32.1 Å². The first kappa shape index (κ1) is 14.8. The van der Waals surface area contributed by atoms with Crippen molar-refractivity contribution in [2.24, 2.45) is 11.8 Å². The first-order valence-corrected chi connectivity index (χ1v) is 8.23. The number of carbonyl (C=O) groups excluding carboxylic acids is 1. The summed E-state index contributed by atoms with van der Waals surface area (Å²) in [4.78, 5) is 14.8. The number of amides is 1. The van der Waals surface area contributed by atoms with Crippen LogP contribution in [-0.4, -0.2) is 36.5 Å². The molecule has 0 aromatic rings. The molecule has 0 aromatic carbocycles. The Bertz CT molecular complexity index is 292. The van der Waals surface area contributed by atoms with Crippen molar-refractivity contribution in [1.82, 2.24) is 10.2 Å². The maximum atomic E-state index is 12.6. The Morgan fingerprint density at radius 2 is 2.11 bits per heavy atom. The monoisotopic (exact) mass is 266 g/mol. The molecule has 3 unspecified atom stereocenters. The average molecular weight is 266 g/mol. The van der Waals surface area contributed by atoms with E-state index in [1.54, 1.807) is 0 Å². The third kappa shape index (κ3) is 4.20. The van der Waals surface area contributed by atoms with Gasteiger partial charge in [0.25, 0.3) is 0 Å². The summed E-state index contributed by atoms with van der Waals surface area (Å²) in [6.07, 6.45) is 8.42. The van der Waals surface area contributed by atoms with Crippen LogP contribution in [0.3, 0.4) is 0 Å². The fourth-order valence-corrected chi connectivity index (χ4v) is 3.70. The van der Waals surface area contributed by atoms with E-state index in [9.17, 15) is 4.79 Å². The molecule has 3 atom stereocenters. The van der Waals surface area contributed by atoms with Gasteiger partial charge in [-0.05, 0) is 51.5 Å². The molecule has 0 saturated carbocycles. The van der Waals surface area contributed by atoms with Crippen LogP contribution >= 0.6 is 0 Å². The van der Waals surface area contributed by atoms with Gasteiger partial charge in [-0.15, -0.1) is 0 Å². The molecule has 3 heteroatoms. The molecule has 0 radical (unpaired) electrons. The second-order valence-corrected chi connectivity index (χ2v) is 6.49. The molecular formula is C16H30N2O. The van der Waals surface area contributed by atoms with Crippen LogP contribution in [0.1, 0.15) is 58.8 Å². The number of hydrogen-bond donors (Lipinski definition) is 1. The van der Waals surface area contributed by atoms with Gasteiger partial charge in [-0.2, -0.15) is 0 Å². The summed E-state index contributed by atoms with van der Waals surface area (Å²) in [5.74, 6) is 1.57. The highest BCUT2D eigenvalue weighted by Gasteiger charge is 2.29. The van der Waals surface area contributed by atoms with E-state index in [0.717, 1.165) is 38.4 Å². The van der Waals surface area contributed by atoms with E-state index >= 15 is 0 Å². The lowest BCUT2D eigenvalue weighted by molar-refractivity contribution is -0.136. The summed E-state index contributed by atoms with van der Waals surface area (Å²) in [5, 5.41) is 3.44. The van der Waals surface area contributed by atoms with Crippen molar-refractivity contribution in [1.29, 1.82) is 0 Å². The highest BCUT2D eigenvalue weighted by molar-refractivity contribution is 5.79. The second kappa shape index (κ2) is 7.28. The lowest BCUT2D eigenvalue weighted by Crippen LogP contribution is -2.44. The molecule has 0 spiro atoms. The third-order valence-electron chi connectivity index (χ3n) is 4.83. The summed E-state index contributed by atoms with van der Waals surface area (Å²) in [6, 6.07) is 0.502. The van der Waals surface area contributed by atoms with Gasteiger partial charge >= 0.3 is 0 Å². The molecule has 0 aromatic heterocycles. The molecule has 0 bridgehead atoms. The molecule has 2 aliphatic heterocycles. The van der Waals surface area contributed by atoms with Gasteiger partial charge in [-0.1, -0.05) is 19.8 Å². The number of hydrogen-bond acceptors (Lipinski definition) is 2. The zero-order chi connectivity index (χ0) is 13.7. The number of nitrogens with zero attached hydrogens (tertiary/aromatic N) is 1. The van der Waals surface area contributed by atoms with Gasteiger partial charge in [0.2, 0.25) is 5.91 Å². The van der Waals surface area contributed by atoms with Crippen LogP contribution in [-0.2, 0) is 4.79 Å². The van der Waals surface area contributed by atoms with E-state index in [2.05, 4.69) is 24.1 Å². The maximum Gasteiger partial charge on any atom is 0.225 e. The largest absolute Gasteiger partial charge is 0.342 e. The molecule has 1 N–H and O–H groups in total. The molecule has 0 aliphatic carbocycles. The SMILES string of the molecule is CCCC1CCCN(C(=O)C2CCNC(C)C2)CC1. The molecule has 2 fully saturated rings. The summed E-state index contributed by atoms with van der Waals surface area (Å²) in [7, 11) is 0. The Kier molecular flexibility index (Phi) is 5.68. The fraction of sp³-hybridized carbons (Fsp3) is 0.938. The van der Waals surface area contributed by atoms with Crippen molar-refractivity contribution in [3.63, 3.8) is 0 Å². The van der Waals surface area contributed by atoms with Crippen LogP contribution in [0.15, 0.2) is 0 Å². The molecule has 2 aliphatic rings. The third-order valence-corrected chi connectivity index (χ3v) is 4.83. The lowest BCUT2D eigenvalue weighted by Gasteiger charge is -2.31. The Hall–Kier alpha value is -0.570. The predicted molar refractivity (Wildman–Crippen MR) is 79.0 cm³/mol. The van der Waals surface area contributed by atoms with Crippen LogP contribution in [0.5, 0.6) is 0 Å². The molecule has 2 saturated heterocycles. The van der Waals surface area contributed by atoms with E-state index in [1.807, 2.05) is 0 Å². The van der Waals surface area contributed by atoms with E-state index in [0.29, 0.717) is 11.9 Å². The minimum Gasteiger partial charge on any atom is -0.342 e. The van der Waals surface area contributed by atoms with E-state index in [-0.39, 0.29) is 5.92 Å². The molecule has 110 valence electrons.